The molecule has 35 heavy (non-hydrogen) atoms. The lowest BCUT2D eigenvalue weighted by molar-refractivity contribution is -0.139. The van der Waals surface area contributed by atoms with Crippen molar-refractivity contribution >= 4 is 62.3 Å². The average molecular weight is 563 g/mol. The summed E-state index contributed by atoms with van der Waals surface area (Å²) in [7, 11) is -3.94. The molecular formula is C24H30Cl3N3O4S. The van der Waals surface area contributed by atoms with Crippen LogP contribution in [0.25, 0.3) is 0 Å². The molecule has 2 amide bonds. The Balaban J connectivity index is 2.42. The largest absolute Gasteiger partial charge is 0.354 e. The Labute approximate surface area is 222 Å². The third-order valence-electron chi connectivity index (χ3n) is 5.37. The van der Waals surface area contributed by atoms with Crippen LogP contribution in [0.2, 0.25) is 15.1 Å². The molecule has 0 spiro atoms. The summed E-state index contributed by atoms with van der Waals surface area (Å²) in [5.41, 5.74) is 1.83. The van der Waals surface area contributed by atoms with E-state index in [1.807, 2.05) is 38.1 Å². The Kier molecular flexibility index (Phi) is 10.7. The van der Waals surface area contributed by atoms with Crippen molar-refractivity contribution in [3.05, 3.63) is 62.6 Å². The van der Waals surface area contributed by atoms with Crippen LogP contribution in [0.15, 0.2) is 36.4 Å². The average Bonchev–Trinajstić information content (AvgIpc) is 2.77. The van der Waals surface area contributed by atoms with E-state index >= 15 is 0 Å². The minimum Gasteiger partial charge on any atom is -0.354 e. The minimum absolute atomic E-state index is 0.0208. The van der Waals surface area contributed by atoms with Crippen LogP contribution in [0.3, 0.4) is 0 Å². The van der Waals surface area contributed by atoms with Crippen molar-refractivity contribution in [2.45, 2.75) is 46.2 Å². The highest BCUT2D eigenvalue weighted by molar-refractivity contribution is 7.92. The number of sulfonamides is 1. The fourth-order valence-corrected chi connectivity index (χ4v) is 4.97. The monoisotopic (exact) mass is 561 g/mol. The summed E-state index contributed by atoms with van der Waals surface area (Å²) in [6.45, 7) is 5.59. The predicted octanol–water partition coefficient (Wildman–Crippen LogP) is 5.05. The molecule has 7 nitrogen and oxygen atoms in total. The van der Waals surface area contributed by atoms with E-state index in [0.717, 1.165) is 34.5 Å². The van der Waals surface area contributed by atoms with E-state index in [1.165, 1.54) is 17.0 Å². The van der Waals surface area contributed by atoms with Crippen molar-refractivity contribution in [2.75, 3.05) is 23.7 Å². The second kappa shape index (κ2) is 12.8. The van der Waals surface area contributed by atoms with E-state index < -0.39 is 28.5 Å². The van der Waals surface area contributed by atoms with Gasteiger partial charge in [-0.1, -0.05) is 78.0 Å². The Hall–Kier alpha value is -2.00. The molecule has 0 saturated heterocycles. The number of halogens is 3. The molecule has 0 aliphatic heterocycles. The molecule has 0 unspecified atom stereocenters. The number of rotatable bonds is 11. The van der Waals surface area contributed by atoms with Crippen LogP contribution < -0.4 is 9.62 Å². The number of hydrogen-bond donors (Lipinski definition) is 1. The zero-order chi connectivity index (χ0) is 26.3. The number of anilines is 1. The maximum Gasteiger partial charge on any atom is 0.244 e. The van der Waals surface area contributed by atoms with Crippen LogP contribution in [-0.4, -0.2) is 50.5 Å². The summed E-state index contributed by atoms with van der Waals surface area (Å²) < 4.78 is 26.2. The number of benzene rings is 2. The number of aryl methyl sites for hydroxylation is 1. The first-order chi connectivity index (χ1) is 16.3. The number of nitrogens with zero attached hydrogens (tertiary/aromatic N) is 2. The lowest BCUT2D eigenvalue weighted by atomic mass is 10.1. The fraction of sp³-hybridized carbons (Fsp3) is 0.417. The molecule has 1 atom stereocenters. The van der Waals surface area contributed by atoms with Crippen LogP contribution in [-0.2, 0) is 26.2 Å². The number of carbonyl (C=O) groups is 2. The van der Waals surface area contributed by atoms with E-state index in [4.69, 9.17) is 34.8 Å². The second-order valence-corrected chi connectivity index (χ2v) is 11.4. The molecule has 2 aromatic carbocycles. The van der Waals surface area contributed by atoms with Crippen molar-refractivity contribution in [3.8, 4) is 0 Å². The van der Waals surface area contributed by atoms with Crippen LogP contribution in [0.4, 0.5) is 5.69 Å². The van der Waals surface area contributed by atoms with Crippen molar-refractivity contribution in [1.29, 1.82) is 0 Å². The first-order valence-corrected chi connectivity index (χ1v) is 14.1. The zero-order valence-corrected chi connectivity index (χ0v) is 23.2. The number of nitrogens with one attached hydrogen (secondary N) is 1. The SMILES string of the molecule is CCCCNC(=O)[C@@H](C)N(Cc1cccc(C)c1)C(=O)CN(c1cc(Cl)c(Cl)cc1Cl)S(C)(=O)=O. The van der Waals surface area contributed by atoms with Crippen molar-refractivity contribution in [1.82, 2.24) is 10.2 Å². The molecule has 2 aromatic rings. The van der Waals surface area contributed by atoms with Gasteiger partial charge in [0.05, 0.1) is 27.0 Å². The Bertz CT molecular complexity index is 1170. The number of amides is 2. The lowest BCUT2D eigenvalue weighted by Gasteiger charge is -2.32. The van der Waals surface area contributed by atoms with Crippen LogP contribution >= 0.6 is 34.8 Å². The van der Waals surface area contributed by atoms with E-state index in [2.05, 4.69) is 5.32 Å². The van der Waals surface area contributed by atoms with Crippen LogP contribution in [0.1, 0.15) is 37.8 Å². The summed E-state index contributed by atoms with van der Waals surface area (Å²) in [6.07, 6.45) is 2.68. The molecule has 192 valence electrons. The molecular weight excluding hydrogens is 533 g/mol. The van der Waals surface area contributed by atoms with E-state index in [0.29, 0.717) is 6.54 Å². The fourth-order valence-electron chi connectivity index (χ4n) is 3.42. The molecule has 0 aliphatic carbocycles. The molecule has 0 bridgehead atoms. The molecule has 1 N–H and O–H groups in total. The Morgan fingerprint density at radius 2 is 1.71 bits per heavy atom. The van der Waals surface area contributed by atoms with E-state index in [1.54, 1.807) is 6.92 Å². The van der Waals surface area contributed by atoms with Crippen LogP contribution in [0.5, 0.6) is 0 Å². The molecule has 0 aliphatic rings. The highest BCUT2D eigenvalue weighted by atomic mass is 35.5. The van der Waals surface area contributed by atoms with Gasteiger partial charge < -0.3 is 10.2 Å². The van der Waals surface area contributed by atoms with Gasteiger partial charge >= 0.3 is 0 Å². The third kappa shape index (κ3) is 8.27. The summed E-state index contributed by atoms with van der Waals surface area (Å²) in [5.74, 6) is -0.893. The molecule has 2 rings (SSSR count). The van der Waals surface area contributed by atoms with Gasteiger partial charge in [0.15, 0.2) is 0 Å². The predicted molar refractivity (Wildman–Crippen MR) is 143 cm³/mol. The summed E-state index contributed by atoms with van der Waals surface area (Å²) >= 11 is 18.3. The first kappa shape index (κ1) is 29.2. The van der Waals surface area contributed by atoms with Gasteiger partial charge in [0, 0.05) is 13.1 Å². The lowest BCUT2D eigenvalue weighted by Crippen LogP contribution is -2.51. The maximum atomic E-state index is 13.5. The molecule has 11 heteroatoms. The van der Waals surface area contributed by atoms with Gasteiger partial charge in [-0.2, -0.15) is 0 Å². The van der Waals surface area contributed by atoms with Gasteiger partial charge in [0.1, 0.15) is 12.6 Å². The summed E-state index contributed by atoms with van der Waals surface area (Å²) in [6, 6.07) is 9.31. The van der Waals surface area contributed by atoms with Gasteiger partial charge in [0.2, 0.25) is 21.8 Å². The minimum atomic E-state index is -3.94. The molecule has 0 saturated carbocycles. The number of hydrogen-bond acceptors (Lipinski definition) is 4. The van der Waals surface area contributed by atoms with Gasteiger partial charge in [0.25, 0.3) is 0 Å². The Morgan fingerprint density at radius 1 is 1.06 bits per heavy atom. The van der Waals surface area contributed by atoms with Crippen LogP contribution in [0, 0.1) is 6.92 Å². The summed E-state index contributed by atoms with van der Waals surface area (Å²) in [4.78, 5) is 27.7. The van der Waals surface area contributed by atoms with Gasteiger partial charge in [-0.05, 0) is 38.0 Å². The van der Waals surface area contributed by atoms with Gasteiger partial charge in [-0.15, -0.1) is 0 Å². The van der Waals surface area contributed by atoms with Crippen molar-refractivity contribution in [3.63, 3.8) is 0 Å². The van der Waals surface area contributed by atoms with Gasteiger partial charge in [-0.3, -0.25) is 13.9 Å². The molecule has 0 fully saturated rings. The maximum absolute atomic E-state index is 13.5. The first-order valence-electron chi connectivity index (χ1n) is 11.1. The Morgan fingerprint density at radius 3 is 2.31 bits per heavy atom. The zero-order valence-electron chi connectivity index (χ0n) is 20.1. The van der Waals surface area contributed by atoms with Gasteiger partial charge in [-0.25, -0.2) is 8.42 Å². The van der Waals surface area contributed by atoms with E-state index in [9.17, 15) is 18.0 Å². The van der Waals surface area contributed by atoms with E-state index in [-0.39, 0.29) is 33.2 Å². The normalized spacial score (nSPS) is 12.2. The quantitative estimate of drug-likeness (QED) is 0.307. The third-order valence-corrected chi connectivity index (χ3v) is 7.52. The smallest absolute Gasteiger partial charge is 0.244 e. The highest BCUT2D eigenvalue weighted by Gasteiger charge is 2.31. The van der Waals surface area contributed by atoms with Crippen molar-refractivity contribution in [2.24, 2.45) is 0 Å². The second-order valence-electron chi connectivity index (χ2n) is 8.32. The molecule has 0 heterocycles. The molecule has 0 radical (unpaired) electrons. The number of unbranched alkanes of at least 4 members (excludes halogenated alkanes) is 1. The highest BCUT2D eigenvalue weighted by Crippen LogP contribution is 2.35. The standard InChI is InChI=1S/C24H30Cl3N3O4S/c1-5-6-10-28-24(32)17(3)29(14-18-9-7-8-16(2)11-18)23(31)15-30(35(4,33)34)22-13-20(26)19(25)12-21(22)27/h7-9,11-13,17H,5-6,10,14-15H2,1-4H3,(H,28,32)/t17-/m1/s1. The van der Waals surface area contributed by atoms with Crippen molar-refractivity contribution < 1.29 is 18.0 Å². The topological polar surface area (TPSA) is 86.8 Å². The number of carbonyl (C=O) groups excluding carboxylic acids is 2. The summed E-state index contributed by atoms with van der Waals surface area (Å²) in [5, 5.41) is 3.10. The molecule has 0 aromatic heterocycles.